The molecule has 1 atom stereocenters. The van der Waals surface area contributed by atoms with Gasteiger partial charge in [-0.25, -0.2) is 14.4 Å². The predicted molar refractivity (Wildman–Crippen MR) is 117 cm³/mol. The first-order chi connectivity index (χ1) is 14.4. The first-order valence-electron chi connectivity index (χ1n) is 9.71. The second kappa shape index (κ2) is 11.5. The number of anilines is 2. The third-order valence-corrected chi connectivity index (χ3v) is 4.30. The number of hydrogen-bond acceptors (Lipinski definition) is 4. The SMILES string of the molecule is COC(=O)C(CCCNC(=O)Nc1cccc(C)c1)NC(=O)Nc1cccc(C)c1. The monoisotopic (exact) mass is 412 g/mol. The average molecular weight is 412 g/mol. The number of esters is 1. The lowest BCUT2D eigenvalue weighted by molar-refractivity contribution is -0.143. The highest BCUT2D eigenvalue weighted by Gasteiger charge is 2.21. The zero-order valence-corrected chi connectivity index (χ0v) is 17.5. The fraction of sp³-hybridized carbons (Fsp3) is 0.318. The zero-order chi connectivity index (χ0) is 21.9. The number of ether oxygens (including phenoxy) is 1. The molecule has 160 valence electrons. The van der Waals surface area contributed by atoms with Gasteiger partial charge in [-0.1, -0.05) is 24.3 Å². The molecule has 8 nitrogen and oxygen atoms in total. The topological polar surface area (TPSA) is 109 Å². The number of amides is 4. The van der Waals surface area contributed by atoms with E-state index in [2.05, 4.69) is 21.3 Å². The summed E-state index contributed by atoms with van der Waals surface area (Å²) in [6.07, 6.45) is 0.796. The summed E-state index contributed by atoms with van der Waals surface area (Å²) in [6, 6.07) is 13.2. The van der Waals surface area contributed by atoms with Crippen LogP contribution >= 0.6 is 0 Å². The molecule has 8 heteroatoms. The van der Waals surface area contributed by atoms with Crippen LogP contribution in [0.3, 0.4) is 0 Å². The van der Waals surface area contributed by atoms with Gasteiger partial charge in [-0.3, -0.25) is 0 Å². The van der Waals surface area contributed by atoms with Crippen LogP contribution in [0.4, 0.5) is 21.0 Å². The van der Waals surface area contributed by atoms with Crippen LogP contribution in [0.1, 0.15) is 24.0 Å². The van der Waals surface area contributed by atoms with Crippen LogP contribution in [-0.2, 0) is 9.53 Å². The number of carbonyl (C=O) groups excluding carboxylic acids is 3. The molecule has 0 aromatic heterocycles. The van der Waals surface area contributed by atoms with Crippen LogP contribution < -0.4 is 21.3 Å². The van der Waals surface area contributed by atoms with Crippen molar-refractivity contribution in [2.75, 3.05) is 24.3 Å². The molecule has 0 aliphatic rings. The third-order valence-electron chi connectivity index (χ3n) is 4.30. The molecule has 30 heavy (non-hydrogen) atoms. The highest BCUT2D eigenvalue weighted by molar-refractivity contribution is 5.92. The van der Waals surface area contributed by atoms with Gasteiger partial charge in [0, 0.05) is 17.9 Å². The van der Waals surface area contributed by atoms with Crippen molar-refractivity contribution in [3.8, 4) is 0 Å². The van der Waals surface area contributed by atoms with Gasteiger partial charge in [0.25, 0.3) is 0 Å². The third kappa shape index (κ3) is 7.83. The van der Waals surface area contributed by atoms with E-state index in [1.54, 1.807) is 12.1 Å². The molecule has 0 bridgehead atoms. The molecule has 0 aliphatic heterocycles. The lowest BCUT2D eigenvalue weighted by atomic mass is 10.1. The number of benzene rings is 2. The van der Waals surface area contributed by atoms with E-state index < -0.39 is 18.0 Å². The van der Waals surface area contributed by atoms with Gasteiger partial charge in [-0.05, 0) is 62.1 Å². The molecular formula is C22H28N4O4. The Kier molecular flexibility index (Phi) is 8.68. The number of urea groups is 2. The quantitative estimate of drug-likeness (QED) is 0.393. The lowest BCUT2D eigenvalue weighted by Crippen LogP contribution is -2.44. The van der Waals surface area contributed by atoms with Crippen LogP contribution in [-0.4, -0.2) is 37.7 Å². The number of hydrogen-bond donors (Lipinski definition) is 4. The largest absolute Gasteiger partial charge is 0.467 e. The van der Waals surface area contributed by atoms with Crippen LogP contribution in [0.15, 0.2) is 48.5 Å². The molecule has 2 rings (SSSR count). The molecule has 0 aliphatic carbocycles. The minimum atomic E-state index is -0.818. The Morgan fingerprint density at radius 3 is 2.00 bits per heavy atom. The zero-order valence-electron chi connectivity index (χ0n) is 17.5. The number of nitrogens with one attached hydrogen (secondary N) is 4. The molecule has 1 unspecified atom stereocenters. The molecule has 2 aromatic carbocycles. The van der Waals surface area contributed by atoms with Crippen molar-refractivity contribution in [3.63, 3.8) is 0 Å². The summed E-state index contributed by atoms with van der Waals surface area (Å²) in [5.74, 6) is -0.543. The minimum Gasteiger partial charge on any atom is -0.467 e. The number of aryl methyl sites for hydroxylation is 2. The maximum absolute atomic E-state index is 12.2. The van der Waals surface area contributed by atoms with Gasteiger partial charge in [-0.2, -0.15) is 0 Å². The summed E-state index contributed by atoms with van der Waals surface area (Å²) in [7, 11) is 1.27. The second-order valence-corrected chi connectivity index (χ2v) is 6.94. The van der Waals surface area contributed by atoms with Crippen molar-refractivity contribution in [3.05, 3.63) is 59.7 Å². The van der Waals surface area contributed by atoms with E-state index in [9.17, 15) is 14.4 Å². The minimum absolute atomic E-state index is 0.318. The summed E-state index contributed by atoms with van der Waals surface area (Å²) in [6.45, 7) is 4.20. The van der Waals surface area contributed by atoms with Crippen LogP contribution in [0.25, 0.3) is 0 Å². The van der Waals surface area contributed by atoms with E-state index in [0.29, 0.717) is 30.8 Å². The van der Waals surface area contributed by atoms with E-state index in [1.165, 1.54) is 7.11 Å². The summed E-state index contributed by atoms with van der Waals surface area (Å²) in [4.78, 5) is 36.2. The van der Waals surface area contributed by atoms with Gasteiger partial charge in [0.15, 0.2) is 0 Å². The molecule has 0 radical (unpaired) electrons. The molecule has 4 N–H and O–H groups in total. The predicted octanol–water partition coefficient (Wildman–Crippen LogP) is 3.57. The van der Waals surface area contributed by atoms with Crippen molar-refractivity contribution in [2.24, 2.45) is 0 Å². The van der Waals surface area contributed by atoms with Crippen molar-refractivity contribution >= 4 is 29.4 Å². The van der Waals surface area contributed by atoms with E-state index >= 15 is 0 Å². The Hall–Kier alpha value is -3.55. The Morgan fingerprint density at radius 2 is 1.47 bits per heavy atom. The standard InChI is InChI=1S/C22H28N4O4/c1-15-7-4-9-17(13-15)24-21(28)23-12-6-11-19(20(27)30-3)26-22(29)25-18-10-5-8-16(2)14-18/h4-5,7-10,13-14,19H,6,11-12H2,1-3H3,(H2,23,24,28)(H2,25,26,29). The molecule has 2 aromatic rings. The van der Waals surface area contributed by atoms with E-state index in [0.717, 1.165) is 11.1 Å². The summed E-state index contributed by atoms with van der Waals surface area (Å²) in [5, 5.41) is 10.8. The summed E-state index contributed by atoms with van der Waals surface area (Å²) >= 11 is 0. The van der Waals surface area contributed by atoms with Crippen LogP contribution in [0.5, 0.6) is 0 Å². The second-order valence-electron chi connectivity index (χ2n) is 6.94. The Bertz CT molecular complexity index is 885. The highest BCUT2D eigenvalue weighted by Crippen LogP contribution is 2.10. The normalized spacial score (nSPS) is 11.2. The molecular weight excluding hydrogens is 384 g/mol. The number of carbonyl (C=O) groups is 3. The van der Waals surface area contributed by atoms with Crippen molar-refractivity contribution in [2.45, 2.75) is 32.7 Å². The van der Waals surface area contributed by atoms with Crippen molar-refractivity contribution in [1.29, 1.82) is 0 Å². The number of rotatable bonds is 8. The van der Waals surface area contributed by atoms with E-state index in [-0.39, 0.29) is 6.03 Å². The van der Waals surface area contributed by atoms with Gasteiger partial charge < -0.3 is 26.0 Å². The fourth-order valence-corrected chi connectivity index (χ4v) is 2.85. The summed E-state index contributed by atoms with van der Waals surface area (Å²) in [5.41, 5.74) is 3.39. The molecule has 0 fully saturated rings. The molecule has 0 heterocycles. The van der Waals surface area contributed by atoms with Gasteiger partial charge in [0.1, 0.15) is 6.04 Å². The fourth-order valence-electron chi connectivity index (χ4n) is 2.85. The van der Waals surface area contributed by atoms with Crippen LogP contribution in [0, 0.1) is 13.8 Å². The smallest absolute Gasteiger partial charge is 0.328 e. The van der Waals surface area contributed by atoms with Gasteiger partial charge >= 0.3 is 18.0 Å². The Balaban J connectivity index is 1.78. The maximum atomic E-state index is 12.2. The molecule has 4 amide bonds. The first-order valence-corrected chi connectivity index (χ1v) is 9.71. The molecule has 0 saturated carbocycles. The maximum Gasteiger partial charge on any atom is 0.328 e. The van der Waals surface area contributed by atoms with E-state index in [4.69, 9.17) is 4.74 Å². The van der Waals surface area contributed by atoms with E-state index in [1.807, 2.05) is 50.2 Å². The summed E-state index contributed by atoms with van der Waals surface area (Å²) < 4.78 is 4.77. The number of methoxy groups -OCH3 is 1. The van der Waals surface area contributed by atoms with Crippen molar-refractivity contribution < 1.29 is 19.1 Å². The Labute approximate surface area is 176 Å². The van der Waals surface area contributed by atoms with Gasteiger partial charge in [0.05, 0.1) is 7.11 Å². The molecule has 0 spiro atoms. The first kappa shape index (κ1) is 22.7. The van der Waals surface area contributed by atoms with Crippen molar-refractivity contribution in [1.82, 2.24) is 10.6 Å². The van der Waals surface area contributed by atoms with Gasteiger partial charge in [-0.15, -0.1) is 0 Å². The van der Waals surface area contributed by atoms with Crippen LogP contribution in [0.2, 0.25) is 0 Å². The molecule has 0 saturated heterocycles. The Morgan fingerprint density at radius 1 is 0.900 bits per heavy atom. The van der Waals surface area contributed by atoms with Gasteiger partial charge in [0.2, 0.25) is 0 Å². The average Bonchev–Trinajstić information content (AvgIpc) is 2.69. The highest BCUT2D eigenvalue weighted by atomic mass is 16.5. The lowest BCUT2D eigenvalue weighted by Gasteiger charge is -2.17.